The van der Waals surface area contributed by atoms with E-state index in [1.165, 1.54) is 20.3 Å². The normalized spacial score (nSPS) is 10.6. The summed E-state index contributed by atoms with van der Waals surface area (Å²) in [7, 11) is 3.03. The number of benzene rings is 2. The zero-order valence-corrected chi connectivity index (χ0v) is 15.9. The first-order valence-electron chi connectivity index (χ1n) is 8.05. The molecule has 0 unspecified atom stereocenters. The molecule has 0 radical (unpaired) electrons. The molecule has 3 rings (SSSR count). The number of methoxy groups -OCH3 is 2. The van der Waals surface area contributed by atoms with Crippen molar-refractivity contribution in [3.8, 4) is 11.5 Å². The Balaban J connectivity index is 1.86. The van der Waals surface area contributed by atoms with Crippen molar-refractivity contribution < 1.29 is 23.4 Å². The Morgan fingerprint density at radius 1 is 1.07 bits per heavy atom. The molecule has 1 aromatic heterocycles. The molecule has 6 nitrogen and oxygen atoms in total. The van der Waals surface area contributed by atoms with Gasteiger partial charge in [0.1, 0.15) is 29.3 Å². The van der Waals surface area contributed by atoms with Crippen LogP contribution in [0.15, 0.2) is 56.6 Å². The van der Waals surface area contributed by atoms with E-state index < -0.39 is 11.6 Å². The quantitative estimate of drug-likeness (QED) is 0.361. The Labute approximate surface area is 160 Å². The van der Waals surface area contributed by atoms with Crippen LogP contribution >= 0.6 is 11.8 Å². The number of esters is 1. The van der Waals surface area contributed by atoms with Gasteiger partial charge in [-0.05, 0) is 36.6 Å². The summed E-state index contributed by atoms with van der Waals surface area (Å²) in [6, 6.07) is 11.7. The molecule has 0 amide bonds. The standard InChI is InChI=1S/C20H18O6S/c1-23-13-4-6-15-12(8-19(21)26-18(15)9-13)11-25-20(22)16-7-5-14(27-3)10-17(16)24-2/h4-10H,11H2,1-3H3. The highest BCUT2D eigenvalue weighted by atomic mass is 32.2. The van der Waals surface area contributed by atoms with Crippen molar-refractivity contribution in [1.29, 1.82) is 0 Å². The number of thioether (sulfide) groups is 1. The van der Waals surface area contributed by atoms with Crippen molar-refractivity contribution in [2.75, 3.05) is 20.5 Å². The number of hydrogen-bond donors (Lipinski definition) is 0. The predicted octanol–water partition coefficient (Wildman–Crippen LogP) is 3.89. The van der Waals surface area contributed by atoms with Gasteiger partial charge in [0.2, 0.25) is 0 Å². The maximum atomic E-state index is 12.5. The van der Waals surface area contributed by atoms with E-state index in [-0.39, 0.29) is 6.61 Å². The van der Waals surface area contributed by atoms with Crippen molar-refractivity contribution in [2.24, 2.45) is 0 Å². The van der Waals surface area contributed by atoms with Crippen LogP contribution in [-0.2, 0) is 11.3 Å². The van der Waals surface area contributed by atoms with E-state index in [1.807, 2.05) is 12.3 Å². The van der Waals surface area contributed by atoms with Crippen LogP contribution < -0.4 is 15.1 Å². The zero-order chi connectivity index (χ0) is 19.4. The first kappa shape index (κ1) is 18.8. The average Bonchev–Trinajstić information content (AvgIpc) is 2.70. The smallest absolute Gasteiger partial charge is 0.342 e. The number of fused-ring (bicyclic) bond motifs is 1. The second kappa shape index (κ2) is 8.18. The van der Waals surface area contributed by atoms with Crippen molar-refractivity contribution in [1.82, 2.24) is 0 Å². The first-order chi connectivity index (χ1) is 13.0. The molecule has 1 heterocycles. The van der Waals surface area contributed by atoms with E-state index in [1.54, 1.807) is 42.1 Å². The summed E-state index contributed by atoms with van der Waals surface area (Å²) in [5.74, 6) is 0.474. The minimum absolute atomic E-state index is 0.0688. The van der Waals surface area contributed by atoms with E-state index in [0.717, 1.165) is 4.90 Å². The Morgan fingerprint density at radius 2 is 1.89 bits per heavy atom. The molecular formula is C20H18O6S. The third-order valence-corrected chi connectivity index (χ3v) is 4.75. The molecule has 2 aromatic carbocycles. The molecule has 0 saturated heterocycles. The molecule has 0 N–H and O–H groups in total. The van der Waals surface area contributed by atoms with Crippen molar-refractivity contribution in [3.05, 3.63) is 64.0 Å². The lowest BCUT2D eigenvalue weighted by molar-refractivity contribution is 0.0470. The first-order valence-corrected chi connectivity index (χ1v) is 9.28. The minimum Gasteiger partial charge on any atom is -0.497 e. The van der Waals surface area contributed by atoms with E-state index in [4.69, 9.17) is 18.6 Å². The van der Waals surface area contributed by atoms with Crippen LogP contribution in [0.25, 0.3) is 11.0 Å². The van der Waals surface area contributed by atoms with Gasteiger partial charge in [0, 0.05) is 28.0 Å². The van der Waals surface area contributed by atoms with Gasteiger partial charge in [0.25, 0.3) is 0 Å². The summed E-state index contributed by atoms with van der Waals surface area (Å²) >= 11 is 1.55. The van der Waals surface area contributed by atoms with Gasteiger partial charge in [-0.1, -0.05) is 0 Å². The van der Waals surface area contributed by atoms with E-state index in [9.17, 15) is 9.59 Å². The molecule has 27 heavy (non-hydrogen) atoms. The molecule has 140 valence electrons. The highest BCUT2D eigenvalue weighted by Gasteiger charge is 2.16. The molecule has 0 aliphatic heterocycles. The molecule has 0 fully saturated rings. The molecule has 7 heteroatoms. The summed E-state index contributed by atoms with van der Waals surface area (Å²) in [5, 5.41) is 0.674. The second-order valence-corrected chi connectivity index (χ2v) is 6.47. The molecule has 0 bridgehead atoms. The highest BCUT2D eigenvalue weighted by molar-refractivity contribution is 7.98. The fraction of sp³-hybridized carbons (Fsp3) is 0.200. The third-order valence-electron chi connectivity index (χ3n) is 4.02. The molecular weight excluding hydrogens is 368 g/mol. The predicted molar refractivity (Wildman–Crippen MR) is 103 cm³/mol. The minimum atomic E-state index is -0.533. The summed E-state index contributed by atoms with van der Waals surface area (Å²) < 4.78 is 21.0. The molecule has 0 saturated carbocycles. The maximum Gasteiger partial charge on any atom is 0.342 e. The molecule has 0 spiro atoms. The average molecular weight is 386 g/mol. The fourth-order valence-corrected chi connectivity index (χ4v) is 3.07. The number of carbonyl (C=O) groups is 1. The largest absolute Gasteiger partial charge is 0.497 e. The lowest BCUT2D eigenvalue weighted by Crippen LogP contribution is -2.09. The monoisotopic (exact) mass is 386 g/mol. The zero-order valence-electron chi connectivity index (χ0n) is 15.1. The van der Waals surface area contributed by atoms with Crippen LogP contribution in [0.2, 0.25) is 0 Å². The van der Waals surface area contributed by atoms with Gasteiger partial charge in [-0.15, -0.1) is 11.8 Å². The molecule has 3 aromatic rings. The van der Waals surface area contributed by atoms with Gasteiger partial charge in [0.05, 0.1) is 14.2 Å². The van der Waals surface area contributed by atoms with E-state index in [2.05, 4.69) is 0 Å². The molecule has 0 atom stereocenters. The number of carbonyl (C=O) groups excluding carboxylic acids is 1. The van der Waals surface area contributed by atoms with Crippen molar-refractivity contribution in [3.63, 3.8) is 0 Å². The number of rotatable bonds is 6. The van der Waals surface area contributed by atoms with Gasteiger partial charge >= 0.3 is 11.6 Å². The van der Waals surface area contributed by atoms with Crippen LogP contribution in [0.3, 0.4) is 0 Å². The van der Waals surface area contributed by atoms with Crippen LogP contribution in [0.4, 0.5) is 0 Å². The topological polar surface area (TPSA) is 75.0 Å². The Hall–Kier alpha value is -2.93. The Morgan fingerprint density at radius 3 is 2.59 bits per heavy atom. The van der Waals surface area contributed by atoms with E-state index >= 15 is 0 Å². The molecule has 0 aliphatic rings. The van der Waals surface area contributed by atoms with Gasteiger partial charge in [-0.25, -0.2) is 9.59 Å². The van der Waals surface area contributed by atoms with Gasteiger partial charge < -0.3 is 18.6 Å². The second-order valence-electron chi connectivity index (χ2n) is 5.60. The summed E-state index contributed by atoms with van der Waals surface area (Å²) in [4.78, 5) is 25.3. The summed E-state index contributed by atoms with van der Waals surface area (Å²) in [6.45, 7) is -0.0688. The number of ether oxygens (including phenoxy) is 3. The van der Waals surface area contributed by atoms with Crippen LogP contribution in [0, 0.1) is 0 Å². The van der Waals surface area contributed by atoms with E-state index in [0.29, 0.717) is 33.6 Å². The van der Waals surface area contributed by atoms with Gasteiger partial charge in [0.15, 0.2) is 0 Å². The number of hydrogen-bond acceptors (Lipinski definition) is 7. The van der Waals surface area contributed by atoms with Gasteiger partial charge in [-0.2, -0.15) is 0 Å². The van der Waals surface area contributed by atoms with Crippen LogP contribution in [0.5, 0.6) is 11.5 Å². The fourth-order valence-electron chi connectivity index (χ4n) is 2.64. The lowest BCUT2D eigenvalue weighted by Gasteiger charge is -2.11. The maximum absolute atomic E-state index is 12.5. The van der Waals surface area contributed by atoms with Crippen molar-refractivity contribution in [2.45, 2.75) is 11.5 Å². The Bertz CT molecular complexity index is 1040. The van der Waals surface area contributed by atoms with Crippen molar-refractivity contribution >= 4 is 28.7 Å². The molecule has 0 aliphatic carbocycles. The van der Waals surface area contributed by atoms with Gasteiger partial charge in [-0.3, -0.25) is 0 Å². The van der Waals surface area contributed by atoms with Crippen LogP contribution in [0.1, 0.15) is 15.9 Å². The SMILES string of the molecule is COc1ccc2c(COC(=O)c3ccc(SC)cc3OC)cc(=O)oc2c1. The lowest BCUT2D eigenvalue weighted by atomic mass is 10.1. The summed E-state index contributed by atoms with van der Waals surface area (Å²) in [5.41, 5.74) is 0.722. The third kappa shape index (κ3) is 4.09. The van der Waals surface area contributed by atoms with Crippen LogP contribution in [-0.4, -0.2) is 26.4 Å². The highest BCUT2D eigenvalue weighted by Crippen LogP contribution is 2.27. The summed E-state index contributed by atoms with van der Waals surface area (Å²) in [6.07, 6.45) is 1.94. The Kier molecular flexibility index (Phi) is 5.71.